The van der Waals surface area contributed by atoms with Gasteiger partial charge in [-0.2, -0.15) is 0 Å². The molecule has 1 unspecified atom stereocenters. The van der Waals surface area contributed by atoms with E-state index in [1.807, 2.05) is 12.3 Å². The second-order valence-electron chi connectivity index (χ2n) is 5.06. The Hall–Kier alpha value is -0.510. The fourth-order valence-electron chi connectivity index (χ4n) is 2.41. The van der Waals surface area contributed by atoms with E-state index in [1.165, 1.54) is 6.42 Å². The molecule has 2 rings (SSSR count). The zero-order valence-corrected chi connectivity index (χ0v) is 13.1. The molecule has 1 aliphatic rings. The lowest BCUT2D eigenvalue weighted by molar-refractivity contribution is 0.192. The van der Waals surface area contributed by atoms with Crippen LogP contribution in [0.2, 0.25) is 5.02 Å². The smallest absolute Gasteiger partial charge is 0.147 e. The Kier molecular flexibility index (Phi) is 5.31. The number of hydrogen-bond acceptors (Lipinski definition) is 3. The molecule has 19 heavy (non-hydrogen) atoms. The summed E-state index contributed by atoms with van der Waals surface area (Å²) in [6.07, 6.45) is 3.01. The molecule has 1 atom stereocenters. The van der Waals surface area contributed by atoms with Gasteiger partial charge >= 0.3 is 0 Å². The quantitative estimate of drug-likeness (QED) is 0.795. The molecule has 0 aromatic carbocycles. The van der Waals surface area contributed by atoms with Crippen LogP contribution >= 0.6 is 23.2 Å². The van der Waals surface area contributed by atoms with Crippen LogP contribution in [0.15, 0.2) is 12.3 Å². The molecule has 1 aromatic heterocycles. The number of alkyl halides is 1. The van der Waals surface area contributed by atoms with Crippen molar-refractivity contribution >= 4 is 29.0 Å². The molecular formula is C14H21Cl2N3. The third-order valence-corrected chi connectivity index (χ3v) is 4.45. The monoisotopic (exact) mass is 301 g/mol. The molecule has 0 spiro atoms. The Labute approximate surface area is 125 Å². The number of anilines is 1. The van der Waals surface area contributed by atoms with Gasteiger partial charge in [0.2, 0.25) is 0 Å². The molecule has 1 saturated heterocycles. The summed E-state index contributed by atoms with van der Waals surface area (Å²) < 4.78 is 0. The normalized spacial score (nSPS) is 18.6. The molecule has 1 fully saturated rings. The number of halogens is 2. The molecule has 2 heterocycles. The van der Waals surface area contributed by atoms with Gasteiger partial charge in [-0.25, -0.2) is 4.98 Å². The van der Waals surface area contributed by atoms with Crippen molar-refractivity contribution in [2.75, 3.05) is 31.1 Å². The lowest BCUT2D eigenvalue weighted by atomic mass is 10.2. The van der Waals surface area contributed by atoms with E-state index >= 15 is 0 Å². The standard InChI is InChI=1S/C14H21Cl2N3/c1-3-11(2)18-4-6-19(7-5-18)14-13(16)8-12(9-15)10-17-14/h8,10-11H,3-7,9H2,1-2H3. The second-order valence-corrected chi connectivity index (χ2v) is 5.74. The van der Waals surface area contributed by atoms with E-state index in [-0.39, 0.29) is 0 Å². The van der Waals surface area contributed by atoms with E-state index in [2.05, 4.69) is 28.6 Å². The van der Waals surface area contributed by atoms with Crippen LogP contribution in [0.25, 0.3) is 0 Å². The SMILES string of the molecule is CCC(C)N1CCN(c2ncc(CCl)cc2Cl)CC1. The maximum absolute atomic E-state index is 6.29. The highest BCUT2D eigenvalue weighted by atomic mass is 35.5. The molecule has 1 aromatic rings. The summed E-state index contributed by atoms with van der Waals surface area (Å²) in [4.78, 5) is 9.24. The van der Waals surface area contributed by atoms with Gasteiger partial charge in [-0.05, 0) is 25.0 Å². The first-order valence-corrected chi connectivity index (χ1v) is 7.76. The molecule has 0 N–H and O–H groups in total. The minimum absolute atomic E-state index is 0.453. The Balaban J connectivity index is 2.01. The average molecular weight is 302 g/mol. The van der Waals surface area contributed by atoms with Crippen LogP contribution in [0.3, 0.4) is 0 Å². The Bertz CT molecular complexity index is 417. The van der Waals surface area contributed by atoms with E-state index in [4.69, 9.17) is 23.2 Å². The van der Waals surface area contributed by atoms with Crippen molar-refractivity contribution in [3.8, 4) is 0 Å². The van der Waals surface area contributed by atoms with E-state index < -0.39 is 0 Å². The fraction of sp³-hybridized carbons (Fsp3) is 0.643. The van der Waals surface area contributed by atoms with Gasteiger partial charge < -0.3 is 4.90 Å². The number of rotatable bonds is 4. The zero-order valence-electron chi connectivity index (χ0n) is 11.6. The molecular weight excluding hydrogens is 281 g/mol. The minimum Gasteiger partial charge on any atom is -0.353 e. The molecule has 3 nitrogen and oxygen atoms in total. The Morgan fingerprint density at radius 2 is 2.00 bits per heavy atom. The van der Waals surface area contributed by atoms with Crippen molar-refractivity contribution in [3.63, 3.8) is 0 Å². The van der Waals surface area contributed by atoms with Gasteiger partial charge in [-0.15, -0.1) is 11.6 Å². The summed E-state index contributed by atoms with van der Waals surface area (Å²) in [6.45, 7) is 8.64. The highest BCUT2D eigenvalue weighted by Gasteiger charge is 2.22. The third kappa shape index (κ3) is 3.53. The number of pyridine rings is 1. The zero-order chi connectivity index (χ0) is 13.8. The Morgan fingerprint density at radius 1 is 1.32 bits per heavy atom. The van der Waals surface area contributed by atoms with Crippen LogP contribution < -0.4 is 4.90 Å². The van der Waals surface area contributed by atoms with Gasteiger partial charge in [0.25, 0.3) is 0 Å². The van der Waals surface area contributed by atoms with Crippen LogP contribution in [-0.4, -0.2) is 42.1 Å². The van der Waals surface area contributed by atoms with Crippen molar-refractivity contribution in [1.29, 1.82) is 0 Å². The van der Waals surface area contributed by atoms with Crippen LogP contribution in [-0.2, 0) is 5.88 Å². The minimum atomic E-state index is 0.453. The summed E-state index contributed by atoms with van der Waals surface area (Å²) in [6, 6.07) is 2.57. The molecule has 0 saturated carbocycles. The van der Waals surface area contributed by atoms with Crippen molar-refractivity contribution < 1.29 is 0 Å². The van der Waals surface area contributed by atoms with E-state index in [0.29, 0.717) is 16.9 Å². The lowest BCUT2D eigenvalue weighted by Crippen LogP contribution is -2.49. The molecule has 5 heteroatoms. The largest absolute Gasteiger partial charge is 0.353 e. The van der Waals surface area contributed by atoms with E-state index in [9.17, 15) is 0 Å². The van der Waals surface area contributed by atoms with Gasteiger partial charge in [0, 0.05) is 44.3 Å². The highest BCUT2D eigenvalue weighted by Crippen LogP contribution is 2.26. The molecule has 0 aliphatic carbocycles. The maximum Gasteiger partial charge on any atom is 0.147 e. The predicted molar refractivity (Wildman–Crippen MR) is 82.3 cm³/mol. The van der Waals surface area contributed by atoms with Crippen LogP contribution in [0, 0.1) is 0 Å². The predicted octanol–water partition coefficient (Wildman–Crippen LogP) is 3.39. The lowest BCUT2D eigenvalue weighted by Gasteiger charge is -2.38. The van der Waals surface area contributed by atoms with Gasteiger partial charge in [0.15, 0.2) is 0 Å². The number of hydrogen-bond donors (Lipinski definition) is 0. The topological polar surface area (TPSA) is 19.4 Å². The maximum atomic E-state index is 6.29. The third-order valence-electron chi connectivity index (χ3n) is 3.86. The Morgan fingerprint density at radius 3 is 2.53 bits per heavy atom. The van der Waals surface area contributed by atoms with E-state index in [1.54, 1.807) is 0 Å². The summed E-state index contributed by atoms with van der Waals surface area (Å²) in [5.74, 6) is 1.34. The van der Waals surface area contributed by atoms with Crippen molar-refractivity contribution in [2.24, 2.45) is 0 Å². The first kappa shape index (κ1) is 14.9. The van der Waals surface area contributed by atoms with Crippen LogP contribution in [0.1, 0.15) is 25.8 Å². The highest BCUT2D eigenvalue weighted by molar-refractivity contribution is 6.33. The molecule has 0 radical (unpaired) electrons. The van der Waals surface area contributed by atoms with Gasteiger partial charge in [0.05, 0.1) is 5.02 Å². The van der Waals surface area contributed by atoms with E-state index in [0.717, 1.165) is 37.6 Å². The summed E-state index contributed by atoms with van der Waals surface area (Å²) >= 11 is 12.1. The number of piperazine rings is 1. The van der Waals surface area contributed by atoms with Crippen molar-refractivity contribution in [3.05, 3.63) is 22.8 Å². The van der Waals surface area contributed by atoms with Crippen LogP contribution in [0.4, 0.5) is 5.82 Å². The summed E-state index contributed by atoms with van der Waals surface area (Å²) in [5, 5.41) is 0.704. The molecule has 0 bridgehead atoms. The summed E-state index contributed by atoms with van der Waals surface area (Å²) in [5.41, 5.74) is 0.966. The van der Waals surface area contributed by atoms with Crippen LogP contribution in [0.5, 0.6) is 0 Å². The fourth-order valence-corrected chi connectivity index (χ4v) is 2.86. The average Bonchev–Trinajstić information content (AvgIpc) is 2.46. The molecule has 0 amide bonds. The van der Waals surface area contributed by atoms with Crippen molar-refractivity contribution in [1.82, 2.24) is 9.88 Å². The van der Waals surface area contributed by atoms with Crippen molar-refractivity contribution in [2.45, 2.75) is 32.2 Å². The number of nitrogens with zero attached hydrogens (tertiary/aromatic N) is 3. The summed E-state index contributed by atoms with van der Waals surface area (Å²) in [7, 11) is 0. The van der Waals surface area contributed by atoms with Gasteiger partial charge in [-0.3, -0.25) is 4.90 Å². The second kappa shape index (κ2) is 6.78. The molecule has 106 valence electrons. The van der Waals surface area contributed by atoms with Gasteiger partial charge in [0.1, 0.15) is 5.82 Å². The first-order valence-electron chi connectivity index (χ1n) is 6.85. The first-order chi connectivity index (χ1) is 9.15. The van der Waals surface area contributed by atoms with Gasteiger partial charge in [-0.1, -0.05) is 18.5 Å². The molecule has 1 aliphatic heterocycles. The number of aromatic nitrogens is 1.